The standard InChI is InChI=1S/C24H19FN2O3/c25-21-9-5-4-8-17(21)12-13-26-22(28)18-10-11-19-20(14-18)24(30)27(23(19)29)15-16-6-2-1-3-7-16/h1-11,14H,12-13,15H2,(H,26,28). The van der Waals surface area contributed by atoms with E-state index in [4.69, 9.17) is 0 Å². The predicted molar refractivity (Wildman–Crippen MR) is 110 cm³/mol. The number of halogens is 1. The topological polar surface area (TPSA) is 66.5 Å². The van der Waals surface area contributed by atoms with Crippen molar-refractivity contribution in [1.29, 1.82) is 0 Å². The molecule has 3 amide bonds. The summed E-state index contributed by atoms with van der Waals surface area (Å²) in [6.07, 6.45) is 0.353. The quantitative estimate of drug-likeness (QED) is 0.641. The first-order valence-corrected chi connectivity index (χ1v) is 9.60. The molecule has 1 aliphatic rings. The molecule has 3 aromatic carbocycles. The van der Waals surface area contributed by atoms with E-state index < -0.39 is 5.91 Å². The van der Waals surface area contributed by atoms with Gasteiger partial charge in [0.05, 0.1) is 17.7 Å². The first-order chi connectivity index (χ1) is 14.5. The molecule has 1 aliphatic heterocycles. The molecule has 30 heavy (non-hydrogen) atoms. The smallest absolute Gasteiger partial charge is 0.261 e. The summed E-state index contributed by atoms with van der Waals surface area (Å²) in [6, 6.07) is 20.1. The minimum absolute atomic E-state index is 0.178. The number of fused-ring (bicyclic) bond motifs is 1. The van der Waals surface area contributed by atoms with E-state index in [0.29, 0.717) is 17.5 Å². The van der Waals surface area contributed by atoms with Crippen molar-refractivity contribution in [2.24, 2.45) is 0 Å². The van der Waals surface area contributed by atoms with Crippen molar-refractivity contribution >= 4 is 17.7 Å². The molecule has 0 bridgehead atoms. The Hall–Kier alpha value is -3.80. The van der Waals surface area contributed by atoms with Gasteiger partial charge in [-0.2, -0.15) is 0 Å². The molecule has 3 aromatic rings. The van der Waals surface area contributed by atoms with Crippen LogP contribution in [0, 0.1) is 5.82 Å². The molecule has 150 valence electrons. The Balaban J connectivity index is 1.44. The van der Waals surface area contributed by atoms with Crippen molar-refractivity contribution in [3.63, 3.8) is 0 Å². The van der Waals surface area contributed by atoms with Crippen LogP contribution in [0.5, 0.6) is 0 Å². The van der Waals surface area contributed by atoms with Crippen molar-refractivity contribution in [1.82, 2.24) is 10.2 Å². The summed E-state index contributed by atoms with van der Waals surface area (Å²) < 4.78 is 13.7. The lowest BCUT2D eigenvalue weighted by molar-refractivity contribution is 0.0642. The number of nitrogens with one attached hydrogen (secondary N) is 1. The number of carbonyl (C=O) groups is 3. The molecule has 6 heteroatoms. The number of nitrogens with zero attached hydrogens (tertiary/aromatic N) is 1. The lowest BCUT2D eigenvalue weighted by Gasteiger charge is -2.13. The number of hydrogen-bond acceptors (Lipinski definition) is 3. The largest absolute Gasteiger partial charge is 0.352 e. The van der Waals surface area contributed by atoms with E-state index in [-0.39, 0.29) is 41.8 Å². The van der Waals surface area contributed by atoms with Gasteiger partial charge in [0.15, 0.2) is 0 Å². The van der Waals surface area contributed by atoms with Gasteiger partial charge in [-0.25, -0.2) is 4.39 Å². The Morgan fingerprint density at radius 3 is 2.33 bits per heavy atom. The van der Waals surface area contributed by atoms with Crippen LogP contribution in [0.25, 0.3) is 0 Å². The normalized spacial score (nSPS) is 12.8. The van der Waals surface area contributed by atoms with E-state index in [1.54, 1.807) is 18.2 Å². The summed E-state index contributed by atoms with van der Waals surface area (Å²) >= 11 is 0. The number of rotatable bonds is 6. The molecule has 5 nitrogen and oxygen atoms in total. The third-order valence-corrected chi connectivity index (χ3v) is 5.05. The Labute approximate surface area is 173 Å². The van der Waals surface area contributed by atoms with E-state index in [2.05, 4.69) is 5.32 Å². The Morgan fingerprint density at radius 2 is 1.57 bits per heavy atom. The van der Waals surface area contributed by atoms with Crippen LogP contribution in [0.15, 0.2) is 72.8 Å². The second kappa shape index (κ2) is 8.29. The molecule has 0 fully saturated rings. The average molecular weight is 402 g/mol. The molecule has 0 radical (unpaired) electrons. The van der Waals surface area contributed by atoms with Crippen molar-refractivity contribution in [2.75, 3.05) is 6.54 Å². The van der Waals surface area contributed by atoms with Gasteiger partial charge in [0.1, 0.15) is 5.82 Å². The highest BCUT2D eigenvalue weighted by Gasteiger charge is 2.35. The summed E-state index contributed by atoms with van der Waals surface area (Å²) in [6.45, 7) is 0.432. The van der Waals surface area contributed by atoms with Gasteiger partial charge in [-0.05, 0) is 41.8 Å². The van der Waals surface area contributed by atoms with Crippen LogP contribution in [-0.4, -0.2) is 29.2 Å². The second-order valence-corrected chi connectivity index (χ2v) is 7.04. The fourth-order valence-electron chi connectivity index (χ4n) is 3.46. The van der Waals surface area contributed by atoms with Gasteiger partial charge in [0, 0.05) is 12.1 Å². The minimum Gasteiger partial charge on any atom is -0.352 e. The summed E-state index contributed by atoms with van der Waals surface area (Å²) in [4.78, 5) is 39.0. The molecule has 0 saturated heterocycles. The van der Waals surface area contributed by atoms with Crippen LogP contribution in [0.3, 0.4) is 0 Å². The van der Waals surface area contributed by atoms with Gasteiger partial charge in [0.2, 0.25) is 0 Å². The maximum atomic E-state index is 13.7. The number of benzene rings is 3. The molecule has 0 spiro atoms. The van der Waals surface area contributed by atoms with Gasteiger partial charge in [-0.1, -0.05) is 48.5 Å². The number of imide groups is 1. The molecule has 0 saturated carbocycles. The fourth-order valence-corrected chi connectivity index (χ4v) is 3.46. The van der Waals surface area contributed by atoms with E-state index in [9.17, 15) is 18.8 Å². The summed E-state index contributed by atoms with van der Waals surface area (Å²) in [5, 5.41) is 2.73. The van der Waals surface area contributed by atoms with Crippen LogP contribution >= 0.6 is 0 Å². The van der Waals surface area contributed by atoms with E-state index in [0.717, 1.165) is 5.56 Å². The zero-order chi connectivity index (χ0) is 21.1. The average Bonchev–Trinajstić information content (AvgIpc) is 3.00. The number of carbonyl (C=O) groups excluding carboxylic acids is 3. The molecule has 0 unspecified atom stereocenters. The van der Waals surface area contributed by atoms with Crippen LogP contribution in [0.2, 0.25) is 0 Å². The highest BCUT2D eigenvalue weighted by molar-refractivity contribution is 6.22. The zero-order valence-electron chi connectivity index (χ0n) is 16.1. The molecular weight excluding hydrogens is 383 g/mol. The highest BCUT2D eigenvalue weighted by Crippen LogP contribution is 2.25. The van der Waals surface area contributed by atoms with Crippen molar-refractivity contribution < 1.29 is 18.8 Å². The lowest BCUT2D eigenvalue weighted by atomic mass is 10.1. The van der Waals surface area contributed by atoms with Crippen molar-refractivity contribution in [2.45, 2.75) is 13.0 Å². The summed E-state index contributed by atoms with van der Waals surface area (Å²) in [5.74, 6) is -1.48. The molecular formula is C24H19FN2O3. The van der Waals surface area contributed by atoms with Crippen LogP contribution in [0.1, 0.15) is 42.2 Å². The first-order valence-electron chi connectivity index (χ1n) is 9.60. The monoisotopic (exact) mass is 402 g/mol. The van der Waals surface area contributed by atoms with Gasteiger partial charge >= 0.3 is 0 Å². The van der Waals surface area contributed by atoms with Crippen molar-refractivity contribution in [3.05, 3.63) is 106 Å². The first kappa shape index (κ1) is 19.5. The van der Waals surface area contributed by atoms with Crippen LogP contribution < -0.4 is 5.32 Å². The molecule has 1 N–H and O–H groups in total. The highest BCUT2D eigenvalue weighted by atomic mass is 19.1. The van der Waals surface area contributed by atoms with E-state index in [1.165, 1.54) is 29.2 Å². The van der Waals surface area contributed by atoms with E-state index >= 15 is 0 Å². The number of hydrogen-bond donors (Lipinski definition) is 1. The zero-order valence-corrected chi connectivity index (χ0v) is 16.1. The third kappa shape index (κ3) is 3.85. The summed E-state index contributed by atoms with van der Waals surface area (Å²) in [7, 11) is 0. The Kier molecular flexibility index (Phi) is 5.39. The summed E-state index contributed by atoms with van der Waals surface area (Å²) in [5.41, 5.74) is 2.16. The minimum atomic E-state index is -0.417. The fraction of sp³-hybridized carbons (Fsp3) is 0.125. The maximum absolute atomic E-state index is 13.7. The maximum Gasteiger partial charge on any atom is 0.261 e. The third-order valence-electron chi connectivity index (χ3n) is 5.05. The second-order valence-electron chi connectivity index (χ2n) is 7.04. The van der Waals surface area contributed by atoms with Crippen LogP contribution in [-0.2, 0) is 13.0 Å². The Morgan fingerprint density at radius 1 is 0.867 bits per heavy atom. The molecule has 1 heterocycles. The molecule has 0 aliphatic carbocycles. The predicted octanol–water partition coefficient (Wildman–Crippen LogP) is 3.59. The van der Waals surface area contributed by atoms with Gasteiger partial charge in [-0.3, -0.25) is 19.3 Å². The molecule has 0 atom stereocenters. The molecule has 0 aromatic heterocycles. The molecule has 4 rings (SSSR count). The number of amides is 3. The van der Waals surface area contributed by atoms with Gasteiger partial charge in [0.25, 0.3) is 17.7 Å². The lowest BCUT2D eigenvalue weighted by Crippen LogP contribution is -2.29. The van der Waals surface area contributed by atoms with Crippen LogP contribution in [0.4, 0.5) is 4.39 Å². The Bertz CT molecular complexity index is 1130. The van der Waals surface area contributed by atoms with Gasteiger partial charge < -0.3 is 5.32 Å². The van der Waals surface area contributed by atoms with E-state index in [1.807, 2.05) is 30.3 Å². The van der Waals surface area contributed by atoms with Gasteiger partial charge in [-0.15, -0.1) is 0 Å². The van der Waals surface area contributed by atoms with Crippen molar-refractivity contribution in [3.8, 4) is 0 Å². The SMILES string of the molecule is O=C(NCCc1ccccc1F)c1ccc2c(c1)C(=O)N(Cc1ccccc1)C2=O.